The molecule has 3 N–H and O–H groups in total. The Hall–Kier alpha value is -1.35. The van der Waals surface area contributed by atoms with Crippen LogP contribution in [0.2, 0.25) is 0 Å². The Kier molecular flexibility index (Phi) is 3.25. The Morgan fingerprint density at radius 2 is 2.25 bits per heavy atom. The van der Waals surface area contributed by atoms with Gasteiger partial charge in [-0.3, -0.25) is 0 Å². The third-order valence-electron chi connectivity index (χ3n) is 2.80. The van der Waals surface area contributed by atoms with Crippen LogP contribution >= 0.6 is 0 Å². The first-order valence-electron chi connectivity index (χ1n) is 5.90. The zero-order valence-corrected chi connectivity index (χ0v) is 9.96. The van der Waals surface area contributed by atoms with Crippen molar-refractivity contribution in [2.45, 2.75) is 39.2 Å². The lowest BCUT2D eigenvalue weighted by Crippen LogP contribution is -2.22. The molecule has 0 aliphatic heterocycles. The molecule has 0 fully saturated rings. The first-order chi connectivity index (χ1) is 7.69. The normalized spacial score (nSPS) is 13.2. The number of nitrogens with zero attached hydrogens (tertiary/aromatic N) is 1. The van der Waals surface area contributed by atoms with Gasteiger partial charge in [-0.25, -0.2) is 4.98 Å². The Morgan fingerprint density at radius 3 is 3.00 bits per heavy atom. The molecule has 0 spiro atoms. The molecule has 86 valence electrons. The number of benzene rings is 1. The van der Waals surface area contributed by atoms with Crippen LogP contribution in [0.25, 0.3) is 11.0 Å². The highest BCUT2D eigenvalue weighted by Gasteiger charge is 2.07. The Balaban J connectivity index is 2.19. The molecule has 16 heavy (non-hydrogen) atoms. The number of aryl methyl sites for hydroxylation is 1. The van der Waals surface area contributed by atoms with E-state index in [1.807, 2.05) is 0 Å². The smallest absolute Gasteiger partial charge is 0.108 e. The zero-order chi connectivity index (χ0) is 11.5. The topological polar surface area (TPSA) is 54.7 Å². The van der Waals surface area contributed by atoms with Gasteiger partial charge >= 0.3 is 0 Å². The maximum atomic E-state index is 6.01. The predicted octanol–water partition coefficient (Wildman–Crippen LogP) is 2.54. The van der Waals surface area contributed by atoms with Gasteiger partial charge in [-0.1, -0.05) is 19.4 Å². The summed E-state index contributed by atoms with van der Waals surface area (Å²) >= 11 is 0. The van der Waals surface area contributed by atoms with Crippen molar-refractivity contribution in [3.63, 3.8) is 0 Å². The van der Waals surface area contributed by atoms with Crippen LogP contribution in [0.1, 0.15) is 31.2 Å². The fourth-order valence-corrected chi connectivity index (χ4v) is 1.99. The third kappa shape index (κ3) is 2.42. The predicted molar refractivity (Wildman–Crippen MR) is 67.4 cm³/mol. The number of nitrogens with one attached hydrogen (secondary N) is 1. The molecule has 1 aromatic carbocycles. The summed E-state index contributed by atoms with van der Waals surface area (Å²) in [4.78, 5) is 7.88. The van der Waals surface area contributed by atoms with Gasteiger partial charge in [0.2, 0.25) is 0 Å². The van der Waals surface area contributed by atoms with Crippen LogP contribution in [0.5, 0.6) is 0 Å². The molecule has 2 aromatic rings. The molecule has 1 unspecified atom stereocenters. The quantitative estimate of drug-likeness (QED) is 0.827. The fourth-order valence-electron chi connectivity index (χ4n) is 1.99. The molecule has 2 rings (SSSR count). The molecule has 0 bridgehead atoms. The van der Waals surface area contributed by atoms with E-state index in [0.29, 0.717) is 0 Å². The van der Waals surface area contributed by atoms with Gasteiger partial charge in [0.1, 0.15) is 5.82 Å². The highest BCUT2D eigenvalue weighted by Crippen LogP contribution is 2.14. The molecule has 1 heterocycles. The second kappa shape index (κ2) is 4.66. The van der Waals surface area contributed by atoms with E-state index in [4.69, 9.17) is 5.73 Å². The minimum atomic E-state index is 0.214. The van der Waals surface area contributed by atoms with Crippen LogP contribution in [0.3, 0.4) is 0 Å². The van der Waals surface area contributed by atoms with E-state index < -0.39 is 0 Å². The number of aromatic nitrogens is 2. The largest absolute Gasteiger partial charge is 0.342 e. The molecule has 3 nitrogen and oxygen atoms in total. The summed E-state index contributed by atoms with van der Waals surface area (Å²) in [5.74, 6) is 1.00. The number of aromatic amines is 1. The zero-order valence-electron chi connectivity index (χ0n) is 9.96. The molecule has 0 aliphatic carbocycles. The van der Waals surface area contributed by atoms with Gasteiger partial charge in [-0.15, -0.1) is 0 Å². The number of nitrogens with two attached hydrogens (primary N) is 1. The highest BCUT2D eigenvalue weighted by atomic mass is 14.9. The SMILES string of the molecule is CCCC(N)Cc1nc2ccc(C)cc2[nH]1. The second-order valence-electron chi connectivity index (χ2n) is 4.46. The Morgan fingerprint density at radius 1 is 1.44 bits per heavy atom. The van der Waals surface area contributed by atoms with E-state index in [1.54, 1.807) is 0 Å². The van der Waals surface area contributed by atoms with Crippen molar-refractivity contribution in [1.82, 2.24) is 9.97 Å². The minimum Gasteiger partial charge on any atom is -0.342 e. The second-order valence-corrected chi connectivity index (χ2v) is 4.46. The first kappa shape index (κ1) is 11.1. The number of hydrogen-bond donors (Lipinski definition) is 2. The number of hydrogen-bond acceptors (Lipinski definition) is 2. The van der Waals surface area contributed by atoms with Crippen LogP contribution < -0.4 is 5.73 Å². The molecule has 0 aliphatic rings. The van der Waals surface area contributed by atoms with E-state index in [-0.39, 0.29) is 6.04 Å². The van der Waals surface area contributed by atoms with Crippen LogP contribution in [0.4, 0.5) is 0 Å². The average molecular weight is 217 g/mol. The third-order valence-corrected chi connectivity index (χ3v) is 2.80. The number of imidazole rings is 1. The molecule has 3 heteroatoms. The number of rotatable bonds is 4. The minimum absolute atomic E-state index is 0.214. The van der Waals surface area contributed by atoms with Crippen LogP contribution in [0, 0.1) is 6.92 Å². The number of fused-ring (bicyclic) bond motifs is 1. The molecule has 1 atom stereocenters. The van der Waals surface area contributed by atoms with Crippen molar-refractivity contribution in [3.8, 4) is 0 Å². The summed E-state index contributed by atoms with van der Waals surface area (Å²) in [6.07, 6.45) is 3.01. The molecule has 0 saturated heterocycles. The summed E-state index contributed by atoms with van der Waals surface area (Å²) in [5.41, 5.74) is 9.40. The van der Waals surface area contributed by atoms with E-state index in [1.165, 1.54) is 5.56 Å². The van der Waals surface area contributed by atoms with Crippen molar-refractivity contribution in [3.05, 3.63) is 29.6 Å². The van der Waals surface area contributed by atoms with Gasteiger partial charge in [0.05, 0.1) is 11.0 Å². The first-order valence-corrected chi connectivity index (χ1v) is 5.90. The van der Waals surface area contributed by atoms with E-state index >= 15 is 0 Å². The molecular formula is C13H19N3. The van der Waals surface area contributed by atoms with Crippen molar-refractivity contribution < 1.29 is 0 Å². The summed E-state index contributed by atoms with van der Waals surface area (Å²) in [5, 5.41) is 0. The van der Waals surface area contributed by atoms with E-state index in [0.717, 1.165) is 36.1 Å². The average Bonchev–Trinajstić information content (AvgIpc) is 2.59. The lowest BCUT2D eigenvalue weighted by Gasteiger charge is -2.06. The maximum absolute atomic E-state index is 6.01. The summed E-state index contributed by atoms with van der Waals surface area (Å²) < 4.78 is 0. The maximum Gasteiger partial charge on any atom is 0.108 e. The van der Waals surface area contributed by atoms with Crippen LogP contribution in [-0.2, 0) is 6.42 Å². The Bertz CT molecular complexity index is 473. The fraction of sp³-hybridized carbons (Fsp3) is 0.462. The monoisotopic (exact) mass is 217 g/mol. The van der Waals surface area contributed by atoms with Gasteiger partial charge in [0.15, 0.2) is 0 Å². The lowest BCUT2D eigenvalue weighted by atomic mass is 10.1. The number of H-pyrrole nitrogens is 1. The van der Waals surface area contributed by atoms with Gasteiger partial charge < -0.3 is 10.7 Å². The van der Waals surface area contributed by atoms with Crippen LogP contribution in [0.15, 0.2) is 18.2 Å². The van der Waals surface area contributed by atoms with Gasteiger partial charge in [0.25, 0.3) is 0 Å². The molecule has 1 aromatic heterocycles. The molecule has 0 saturated carbocycles. The van der Waals surface area contributed by atoms with Crippen molar-refractivity contribution in [2.75, 3.05) is 0 Å². The standard InChI is InChI=1S/C13H19N3/c1-3-4-10(14)8-13-15-11-6-5-9(2)7-12(11)16-13/h5-7,10H,3-4,8,14H2,1-2H3,(H,15,16). The summed E-state index contributed by atoms with van der Waals surface area (Å²) in [6, 6.07) is 6.47. The van der Waals surface area contributed by atoms with Crippen LogP contribution in [-0.4, -0.2) is 16.0 Å². The summed E-state index contributed by atoms with van der Waals surface area (Å²) in [6.45, 7) is 4.24. The Labute approximate surface area is 96.1 Å². The molecule has 0 amide bonds. The molecule has 0 radical (unpaired) electrons. The van der Waals surface area contributed by atoms with Gasteiger partial charge in [0, 0.05) is 12.5 Å². The highest BCUT2D eigenvalue weighted by molar-refractivity contribution is 5.75. The van der Waals surface area contributed by atoms with Crippen molar-refractivity contribution in [2.24, 2.45) is 5.73 Å². The van der Waals surface area contributed by atoms with E-state index in [2.05, 4.69) is 42.0 Å². The molecular weight excluding hydrogens is 198 g/mol. The lowest BCUT2D eigenvalue weighted by molar-refractivity contribution is 0.588. The van der Waals surface area contributed by atoms with E-state index in [9.17, 15) is 0 Å². The van der Waals surface area contributed by atoms with Crippen molar-refractivity contribution >= 4 is 11.0 Å². The summed E-state index contributed by atoms with van der Waals surface area (Å²) in [7, 11) is 0. The van der Waals surface area contributed by atoms with Gasteiger partial charge in [-0.05, 0) is 31.0 Å². The van der Waals surface area contributed by atoms with Crippen molar-refractivity contribution in [1.29, 1.82) is 0 Å². The van der Waals surface area contributed by atoms with Gasteiger partial charge in [-0.2, -0.15) is 0 Å².